The van der Waals surface area contributed by atoms with E-state index in [0.717, 1.165) is 25.2 Å². The monoisotopic (exact) mass is 372 g/mol. The van der Waals surface area contributed by atoms with Crippen molar-refractivity contribution in [3.8, 4) is 0 Å². The smallest absolute Gasteiger partial charge is 0.303 e. The van der Waals surface area contributed by atoms with Crippen molar-refractivity contribution in [3.63, 3.8) is 0 Å². The number of anilines is 1. The van der Waals surface area contributed by atoms with Gasteiger partial charge in [-0.1, -0.05) is 0 Å². The minimum atomic E-state index is -3.68. The van der Waals surface area contributed by atoms with Gasteiger partial charge in [0.1, 0.15) is 5.82 Å². The Morgan fingerprint density at radius 3 is 2.72 bits per heavy atom. The highest BCUT2D eigenvalue weighted by Crippen LogP contribution is 2.25. The van der Waals surface area contributed by atoms with E-state index in [1.165, 1.54) is 12.1 Å². The van der Waals surface area contributed by atoms with Crippen LogP contribution in [0.4, 0.5) is 10.1 Å². The zero-order chi connectivity index (χ0) is 18.6. The van der Waals surface area contributed by atoms with Gasteiger partial charge in [0.25, 0.3) is 5.91 Å². The zero-order valence-electron chi connectivity index (χ0n) is 13.9. The molecule has 25 heavy (non-hydrogen) atoms. The van der Waals surface area contributed by atoms with Crippen molar-refractivity contribution in [2.75, 3.05) is 17.5 Å². The van der Waals surface area contributed by atoms with Crippen molar-refractivity contribution in [2.24, 2.45) is 0 Å². The Morgan fingerprint density at radius 2 is 2.08 bits per heavy atom. The number of carbonyl (C=O) groups excluding carboxylic acids is 1. The Balaban J connectivity index is 2.22. The number of aliphatic carboxylic acids is 1. The number of hydrogen-bond acceptors (Lipinski definition) is 4. The van der Waals surface area contributed by atoms with E-state index in [1.807, 2.05) is 4.72 Å². The van der Waals surface area contributed by atoms with Crippen molar-refractivity contribution in [2.45, 2.75) is 38.1 Å². The Kier molecular flexibility index (Phi) is 5.99. The zero-order valence-corrected chi connectivity index (χ0v) is 14.7. The SMILES string of the molecule is CS(=O)(=O)Nc1cc(C(=O)N2CCCCC2CCC(=O)O)ccc1F. The van der Waals surface area contributed by atoms with Gasteiger partial charge in [0.15, 0.2) is 0 Å². The number of sulfonamides is 1. The van der Waals surface area contributed by atoms with Crippen LogP contribution in [-0.4, -0.2) is 49.1 Å². The Bertz CT molecular complexity index is 766. The maximum Gasteiger partial charge on any atom is 0.303 e. The molecule has 0 bridgehead atoms. The maximum atomic E-state index is 13.8. The highest BCUT2D eigenvalue weighted by molar-refractivity contribution is 7.92. The van der Waals surface area contributed by atoms with Crippen LogP contribution in [0.3, 0.4) is 0 Å². The van der Waals surface area contributed by atoms with Gasteiger partial charge in [0.2, 0.25) is 10.0 Å². The average Bonchev–Trinajstić information content (AvgIpc) is 2.53. The second-order valence-electron chi connectivity index (χ2n) is 6.15. The first-order valence-electron chi connectivity index (χ1n) is 7.97. The molecule has 1 unspecified atom stereocenters. The third-order valence-electron chi connectivity index (χ3n) is 4.09. The van der Waals surface area contributed by atoms with Gasteiger partial charge in [0, 0.05) is 24.6 Å². The molecule has 0 radical (unpaired) electrons. The summed E-state index contributed by atoms with van der Waals surface area (Å²) in [6, 6.07) is 3.32. The molecule has 1 heterocycles. The summed E-state index contributed by atoms with van der Waals surface area (Å²) in [5, 5.41) is 8.85. The third kappa shape index (κ3) is 5.42. The Morgan fingerprint density at radius 1 is 1.36 bits per heavy atom. The molecule has 2 N–H and O–H groups in total. The molecule has 1 aliphatic heterocycles. The molecule has 0 aromatic heterocycles. The van der Waals surface area contributed by atoms with Crippen LogP contribution in [0.2, 0.25) is 0 Å². The molecule has 1 atom stereocenters. The molecule has 138 valence electrons. The first kappa shape index (κ1) is 19.2. The van der Waals surface area contributed by atoms with Crippen LogP contribution in [0.5, 0.6) is 0 Å². The molecular formula is C16H21FN2O5S. The van der Waals surface area contributed by atoms with Crippen molar-refractivity contribution >= 4 is 27.6 Å². The lowest BCUT2D eigenvalue weighted by atomic mass is 9.97. The number of benzene rings is 1. The van der Waals surface area contributed by atoms with Crippen molar-refractivity contribution < 1.29 is 27.5 Å². The number of likely N-dealkylation sites (tertiary alicyclic amines) is 1. The lowest BCUT2D eigenvalue weighted by Crippen LogP contribution is -2.44. The van der Waals surface area contributed by atoms with E-state index in [1.54, 1.807) is 4.90 Å². The fraction of sp³-hybridized carbons (Fsp3) is 0.500. The van der Waals surface area contributed by atoms with Gasteiger partial charge >= 0.3 is 5.97 Å². The van der Waals surface area contributed by atoms with Crippen LogP contribution in [0, 0.1) is 5.82 Å². The first-order chi connectivity index (χ1) is 11.7. The van der Waals surface area contributed by atoms with Crippen LogP contribution >= 0.6 is 0 Å². The van der Waals surface area contributed by atoms with Crippen molar-refractivity contribution in [3.05, 3.63) is 29.6 Å². The predicted octanol–water partition coefficient (Wildman–Crippen LogP) is 2.06. The highest BCUT2D eigenvalue weighted by atomic mass is 32.2. The van der Waals surface area contributed by atoms with E-state index < -0.39 is 21.8 Å². The summed E-state index contributed by atoms with van der Waals surface area (Å²) in [7, 11) is -3.68. The summed E-state index contributed by atoms with van der Waals surface area (Å²) in [5.74, 6) is -2.05. The number of rotatable bonds is 6. The molecule has 1 fully saturated rings. The number of amides is 1. The van der Waals surface area contributed by atoms with E-state index in [4.69, 9.17) is 5.11 Å². The van der Waals surface area contributed by atoms with E-state index >= 15 is 0 Å². The molecule has 2 rings (SSSR count). The molecule has 9 heteroatoms. The van der Waals surface area contributed by atoms with Gasteiger partial charge in [-0.2, -0.15) is 0 Å². The molecular weight excluding hydrogens is 351 g/mol. The number of carboxylic acids is 1. The van der Waals surface area contributed by atoms with Crippen molar-refractivity contribution in [1.82, 2.24) is 4.90 Å². The average molecular weight is 372 g/mol. The van der Waals surface area contributed by atoms with E-state index in [9.17, 15) is 22.4 Å². The number of halogens is 1. The number of carbonyl (C=O) groups is 2. The molecule has 1 aromatic carbocycles. The normalized spacial score (nSPS) is 18.0. The number of piperidine rings is 1. The summed E-state index contributed by atoms with van der Waals surface area (Å²) in [4.78, 5) is 25.2. The van der Waals surface area contributed by atoms with E-state index in [-0.39, 0.29) is 29.6 Å². The van der Waals surface area contributed by atoms with Crippen LogP contribution < -0.4 is 4.72 Å². The molecule has 1 aliphatic rings. The quantitative estimate of drug-likeness (QED) is 0.795. The third-order valence-corrected chi connectivity index (χ3v) is 4.68. The number of nitrogens with zero attached hydrogens (tertiary/aromatic N) is 1. The molecule has 7 nitrogen and oxygen atoms in total. The second kappa shape index (κ2) is 7.81. The second-order valence-corrected chi connectivity index (χ2v) is 7.90. The summed E-state index contributed by atoms with van der Waals surface area (Å²) < 4.78 is 38.4. The van der Waals surface area contributed by atoms with Gasteiger partial charge in [-0.05, 0) is 43.9 Å². The van der Waals surface area contributed by atoms with Gasteiger partial charge in [-0.3, -0.25) is 14.3 Å². The number of carboxylic acid groups (broad SMARTS) is 1. The minimum absolute atomic E-state index is 0.0290. The van der Waals surface area contributed by atoms with Crippen LogP contribution in [0.1, 0.15) is 42.5 Å². The molecule has 1 saturated heterocycles. The Hall–Kier alpha value is -2.16. The van der Waals surface area contributed by atoms with Crippen LogP contribution in [0.25, 0.3) is 0 Å². The molecule has 0 spiro atoms. The lowest BCUT2D eigenvalue weighted by molar-refractivity contribution is -0.137. The maximum absolute atomic E-state index is 13.8. The Labute approximate surface area is 145 Å². The standard InChI is InChI=1S/C16H21FN2O5S/c1-25(23,24)18-14-10-11(5-7-13(14)17)16(22)19-9-3-2-4-12(19)6-8-15(20)21/h5,7,10,12,18H,2-4,6,8-9H2,1H3,(H,20,21). The number of nitrogens with one attached hydrogen (secondary N) is 1. The largest absolute Gasteiger partial charge is 0.481 e. The number of hydrogen-bond donors (Lipinski definition) is 2. The molecule has 1 amide bonds. The fourth-order valence-corrected chi connectivity index (χ4v) is 3.52. The minimum Gasteiger partial charge on any atom is -0.481 e. The van der Waals surface area contributed by atoms with Gasteiger partial charge in [-0.15, -0.1) is 0 Å². The van der Waals surface area contributed by atoms with Crippen LogP contribution in [0.15, 0.2) is 18.2 Å². The van der Waals surface area contributed by atoms with Crippen molar-refractivity contribution in [1.29, 1.82) is 0 Å². The van der Waals surface area contributed by atoms with Gasteiger partial charge in [-0.25, -0.2) is 12.8 Å². The van der Waals surface area contributed by atoms with Gasteiger partial charge in [0.05, 0.1) is 11.9 Å². The van der Waals surface area contributed by atoms with Gasteiger partial charge < -0.3 is 10.0 Å². The predicted molar refractivity (Wildman–Crippen MR) is 90.4 cm³/mol. The van der Waals surface area contributed by atoms with E-state index in [0.29, 0.717) is 19.4 Å². The summed E-state index contributed by atoms with van der Waals surface area (Å²) >= 11 is 0. The fourth-order valence-electron chi connectivity index (χ4n) is 2.96. The molecule has 0 aliphatic carbocycles. The van der Waals surface area contributed by atoms with E-state index in [2.05, 4.69) is 0 Å². The lowest BCUT2D eigenvalue weighted by Gasteiger charge is -2.35. The highest BCUT2D eigenvalue weighted by Gasteiger charge is 2.28. The summed E-state index contributed by atoms with van der Waals surface area (Å²) in [6.45, 7) is 0.495. The summed E-state index contributed by atoms with van der Waals surface area (Å²) in [5.41, 5.74) is -0.123. The topological polar surface area (TPSA) is 104 Å². The first-order valence-corrected chi connectivity index (χ1v) is 9.86. The molecule has 1 aromatic rings. The molecule has 0 saturated carbocycles. The van der Waals surface area contributed by atoms with Crippen LogP contribution in [-0.2, 0) is 14.8 Å². The summed E-state index contributed by atoms with van der Waals surface area (Å²) in [6.07, 6.45) is 3.67.